The molecule has 1 aromatic carbocycles. The Morgan fingerprint density at radius 3 is 2.25 bits per heavy atom. The van der Waals surface area contributed by atoms with E-state index in [1.54, 1.807) is 0 Å². The molecule has 2 unspecified atom stereocenters. The van der Waals surface area contributed by atoms with E-state index in [1.807, 2.05) is 0 Å². The summed E-state index contributed by atoms with van der Waals surface area (Å²) in [7, 11) is 0. The Kier molecular flexibility index (Phi) is 3.43. The second kappa shape index (κ2) is 4.82. The number of epoxide rings is 2. The predicted octanol–water partition coefficient (Wildman–Crippen LogP) is 0.614. The van der Waals surface area contributed by atoms with Gasteiger partial charge in [-0.25, -0.2) is 0 Å². The number of rotatable bonds is 5. The van der Waals surface area contributed by atoms with Crippen LogP contribution >= 0.6 is 0 Å². The van der Waals surface area contributed by atoms with Crippen molar-refractivity contribution in [2.24, 2.45) is 0 Å². The van der Waals surface area contributed by atoms with Crippen LogP contribution in [0.5, 0.6) is 0 Å². The largest absolute Gasteiger partial charge is 0.412 e. The zero-order valence-corrected chi connectivity index (χ0v) is 9.11. The Bertz CT molecular complexity index is 331. The van der Waals surface area contributed by atoms with Crippen LogP contribution < -0.4 is 5.32 Å². The first-order valence-corrected chi connectivity index (χ1v) is 5.46. The van der Waals surface area contributed by atoms with Gasteiger partial charge in [0.2, 0.25) is 0 Å². The van der Waals surface area contributed by atoms with Gasteiger partial charge in [-0.1, -0.05) is 12.1 Å². The fraction of sp³-hybridized carbons (Fsp3) is 0.500. The van der Waals surface area contributed by atoms with E-state index in [1.165, 1.54) is 11.3 Å². The molecule has 0 bridgehead atoms. The predicted molar refractivity (Wildman–Crippen MR) is 61.7 cm³/mol. The molecule has 16 heavy (non-hydrogen) atoms. The Balaban J connectivity index is 0.000000963. The number of ether oxygens (including phenoxy) is 2. The van der Waals surface area contributed by atoms with E-state index in [4.69, 9.17) is 9.47 Å². The van der Waals surface area contributed by atoms with Crippen molar-refractivity contribution in [1.29, 1.82) is 0 Å². The van der Waals surface area contributed by atoms with Crippen LogP contribution in [-0.2, 0) is 15.9 Å². The molecule has 0 amide bonds. The summed E-state index contributed by atoms with van der Waals surface area (Å²) in [5.41, 5.74) is 2.52. The van der Waals surface area contributed by atoms with Gasteiger partial charge >= 0.3 is 0 Å². The van der Waals surface area contributed by atoms with Crippen molar-refractivity contribution in [3.8, 4) is 0 Å². The van der Waals surface area contributed by atoms with Crippen molar-refractivity contribution in [3.05, 3.63) is 29.8 Å². The molecule has 3 N–H and O–H groups in total. The van der Waals surface area contributed by atoms with Crippen LogP contribution in [0.2, 0.25) is 0 Å². The molecule has 2 heterocycles. The van der Waals surface area contributed by atoms with E-state index in [0.717, 1.165) is 26.2 Å². The van der Waals surface area contributed by atoms with Gasteiger partial charge < -0.3 is 20.3 Å². The standard InChI is InChI=1S/C12H15NO2.H2O/c1-3-10(13-6-12-8-15-12)4-2-9(1)5-11-7-14-11;/h1-4,11-13H,5-8H2;1H2. The Hall–Kier alpha value is -1.10. The second-order valence-electron chi connectivity index (χ2n) is 4.19. The lowest BCUT2D eigenvalue weighted by atomic mass is 10.1. The maximum absolute atomic E-state index is 5.20. The van der Waals surface area contributed by atoms with Crippen LogP contribution in [-0.4, -0.2) is 37.4 Å². The number of benzene rings is 1. The van der Waals surface area contributed by atoms with Crippen LogP contribution in [0.15, 0.2) is 24.3 Å². The molecule has 4 heteroatoms. The summed E-state index contributed by atoms with van der Waals surface area (Å²) in [6.45, 7) is 2.76. The van der Waals surface area contributed by atoms with E-state index < -0.39 is 0 Å². The van der Waals surface area contributed by atoms with Gasteiger partial charge in [0.25, 0.3) is 0 Å². The highest BCUT2D eigenvalue weighted by atomic mass is 16.6. The Morgan fingerprint density at radius 2 is 1.69 bits per heavy atom. The molecule has 4 nitrogen and oxygen atoms in total. The summed E-state index contributed by atoms with van der Waals surface area (Å²) >= 11 is 0. The molecule has 88 valence electrons. The van der Waals surface area contributed by atoms with Gasteiger partial charge in [0.15, 0.2) is 0 Å². The molecule has 2 aliphatic heterocycles. The first-order chi connectivity index (χ1) is 7.40. The van der Waals surface area contributed by atoms with Crippen LogP contribution in [0, 0.1) is 0 Å². The minimum atomic E-state index is 0. The number of anilines is 1. The van der Waals surface area contributed by atoms with Gasteiger partial charge in [-0.05, 0) is 17.7 Å². The van der Waals surface area contributed by atoms with E-state index in [0.29, 0.717) is 12.2 Å². The zero-order chi connectivity index (χ0) is 10.1. The number of hydrogen-bond acceptors (Lipinski definition) is 3. The van der Waals surface area contributed by atoms with Gasteiger partial charge in [-0.2, -0.15) is 0 Å². The third-order valence-corrected chi connectivity index (χ3v) is 2.76. The van der Waals surface area contributed by atoms with Gasteiger partial charge in [0.1, 0.15) is 0 Å². The summed E-state index contributed by atoms with van der Waals surface area (Å²) in [5.74, 6) is 0. The molecule has 2 fully saturated rings. The number of nitrogens with one attached hydrogen (secondary N) is 1. The summed E-state index contributed by atoms with van der Waals surface area (Å²) in [6, 6.07) is 8.58. The fourth-order valence-electron chi connectivity index (χ4n) is 1.63. The molecule has 2 atom stereocenters. The minimum Gasteiger partial charge on any atom is -0.412 e. The zero-order valence-electron chi connectivity index (χ0n) is 9.11. The summed E-state index contributed by atoms with van der Waals surface area (Å²) < 4.78 is 10.3. The van der Waals surface area contributed by atoms with Crippen LogP contribution in [0.25, 0.3) is 0 Å². The normalized spacial score (nSPS) is 25.8. The SMILES string of the molecule is O.c1cc(NCC2CO2)ccc1CC1CO1. The molecule has 0 saturated carbocycles. The quantitative estimate of drug-likeness (QED) is 0.744. The maximum atomic E-state index is 5.20. The van der Waals surface area contributed by atoms with Gasteiger partial charge in [0, 0.05) is 18.7 Å². The average molecular weight is 223 g/mol. The van der Waals surface area contributed by atoms with Crippen molar-refractivity contribution in [2.45, 2.75) is 18.6 Å². The third kappa shape index (κ3) is 3.20. The van der Waals surface area contributed by atoms with Gasteiger partial charge in [0.05, 0.1) is 25.4 Å². The van der Waals surface area contributed by atoms with Gasteiger partial charge in [-0.15, -0.1) is 0 Å². The molecule has 3 rings (SSSR count). The molecule has 0 aliphatic carbocycles. The van der Waals surface area contributed by atoms with E-state index in [9.17, 15) is 0 Å². The van der Waals surface area contributed by atoms with E-state index in [-0.39, 0.29) is 5.48 Å². The molecule has 2 saturated heterocycles. The first-order valence-electron chi connectivity index (χ1n) is 5.46. The lowest BCUT2D eigenvalue weighted by Gasteiger charge is -2.05. The van der Waals surface area contributed by atoms with Crippen LogP contribution in [0.1, 0.15) is 5.56 Å². The second-order valence-corrected chi connectivity index (χ2v) is 4.19. The minimum absolute atomic E-state index is 0. The number of hydrogen-bond donors (Lipinski definition) is 1. The summed E-state index contributed by atoms with van der Waals surface area (Å²) in [4.78, 5) is 0. The van der Waals surface area contributed by atoms with Crippen molar-refractivity contribution >= 4 is 5.69 Å². The smallest absolute Gasteiger partial charge is 0.0981 e. The Labute approximate surface area is 94.9 Å². The average Bonchev–Trinajstić information content (AvgIpc) is 3.12. The first kappa shape index (κ1) is 11.4. The van der Waals surface area contributed by atoms with E-state index >= 15 is 0 Å². The highest BCUT2D eigenvalue weighted by molar-refractivity contribution is 5.45. The molecule has 0 radical (unpaired) electrons. The monoisotopic (exact) mass is 223 g/mol. The van der Waals surface area contributed by atoms with Crippen LogP contribution in [0.3, 0.4) is 0 Å². The molecule has 0 spiro atoms. The summed E-state index contributed by atoms with van der Waals surface area (Å²) in [6.07, 6.45) is 1.96. The highest BCUT2D eigenvalue weighted by Crippen LogP contribution is 2.18. The Morgan fingerprint density at radius 1 is 1.06 bits per heavy atom. The lowest BCUT2D eigenvalue weighted by Crippen LogP contribution is -2.07. The highest BCUT2D eigenvalue weighted by Gasteiger charge is 2.23. The summed E-state index contributed by atoms with van der Waals surface area (Å²) in [5, 5.41) is 3.35. The van der Waals surface area contributed by atoms with Gasteiger partial charge in [-0.3, -0.25) is 0 Å². The maximum Gasteiger partial charge on any atom is 0.0981 e. The molecule has 1 aromatic rings. The van der Waals surface area contributed by atoms with Crippen molar-refractivity contribution in [2.75, 3.05) is 25.1 Å². The molecular weight excluding hydrogens is 206 g/mol. The molecular formula is C12H17NO3. The fourth-order valence-corrected chi connectivity index (χ4v) is 1.63. The molecule has 0 aromatic heterocycles. The van der Waals surface area contributed by atoms with Crippen molar-refractivity contribution in [3.63, 3.8) is 0 Å². The topological polar surface area (TPSA) is 68.6 Å². The van der Waals surface area contributed by atoms with Crippen LogP contribution in [0.4, 0.5) is 5.69 Å². The third-order valence-electron chi connectivity index (χ3n) is 2.76. The van der Waals surface area contributed by atoms with Crippen molar-refractivity contribution in [1.82, 2.24) is 0 Å². The molecule has 2 aliphatic rings. The van der Waals surface area contributed by atoms with Crippen molar-refractivity contribution < 1.29 is 14.9 Å². The lowest BCUT2D eigenvalue weighted by molar-refractivity contribution is 0.407. The van der Waals surface area contributed by atoms with E-state index in [2.05, 4.69) is 29.6 Å².